The molecule has 0 radical (unpaired) electrons. The summed E-state index contributed by atoms with van der Waals surface area (Å²) in [4.78, 5) is 16.7. The third-order valence-electron chi connectivity index (χ3n) is 4.23. The zero-order chi connectivity index (χ0) is 19.4. The fourth-order valence-electron chi connectivity index (χ4n) is 2.94. The summed E-state index contributed by atoms with van der Waals surface area (Å²) in [6.45, 7) is 6.19. The van der Waals surface area contributed by atoms with Crippen LogP contribution in [-0.4, -0.2) is 10.9 Å². The van der Waals surface area contributed by atoms with Gasteiger partial charge in [0.2, 0.25) is 0 Å². The van der Waals surface area contributed by atoms with Gasteiger partial charge in [0.1, 0.15) is 5.82 Å². The Morgan fingerprint density at radius 2 is 1.67 bits per heavy atom. The number of anilines is 3. The van der Waals surface area contributed by atoms with Crippen LogP contribution < -0.4 is 10.6 Å². The SMILES string of the molecule is Cc1cc(C)c(Nc2ccc(C(=O)Nc3ccc(C#N)cc3)cn2)c(C)c1. The number of nitrogens with zero attached hydrogens (tertiary/aromatic N) is 2. The monoisotopic (exact) mass is 356 g/mol. The van der Waals surface area contributed by atoms with Gasteiger partial charge in [-0.1, -0.05) is 17.7 Å². The molecular formula is C22H20N4O. The molecule has 0 atom stereocenters. The van der Waals surface area contributed by atoms with Gasteiger partial charge in [0.15, 0.2) is 0 Å². The predicted molar refractivity (Wildman–Crippen MR) is 107 cm³/mol. The van der Waals surface area contributed by atoms with E-state index in [9.17, 15) is 4.79 Å². The molecule has 0 bridgehead atoms. The molecule has 0 aliphatic rings. The second-order valence-corrected chi connectivity index (χ2v) is 6.47. The van der Waals surface area contributed by atoms with Gasteiger partial charge < -0.3 is 10.6 Å². The number of pyridine rings is 1. The topological polar surface area (TPSA) is 77.8 Å². The molecular weight excluding hydrogens is 336 g/mol. The van der Waals surface area contributed by atoms with Gasteiger partial charge in [0.25, 0.3) is 5.91 Å². The van der Waals surface area contributed by atoms with Crippen LogP contribution in [0.5, 0.6) is 0 Å². The molecule has 3 rings (SSSR count). The van der Waals surface area contributed by atoms with Gasteiger partial charge in [0, 0.05) is 17.6 Å². The summed E-state index contributed by atoms with van der Waals surface area (Å²) in [7, 11) is 0. The number of aryl methyl sites for hydroxylation is 3. The molecule has 1 aromatic heterocycles. The summed E-state index contributed by atoms with van der Waals surface area (Å²) in [6, 6.07) is 16.5. The molecule has 0 saturated heterocycles. The standard InChI is InChI=1S/C22H20N4O/c1-14-10-15(2)21(16(3)11-14)26-20-9-6-18(13-24-20)22(27)25-19-7-4-17(12-23)5-8-19/h4-11,13H,1-3H3,(H,24,26)(H,25,27). The Kier molecular flexibility index (Phi) is 5.18. The van der Waals surface area contributed by atoms with Gasteiger partial charge >= 0.3 is 0 Å². The van der Waals surface area contributed by atoms with Crippen LogP contribution in [0.3, 0.4) is 0 Å². The van der Waals surface area contributed by atoms with Crippen LogP contribution >= 0.6 is 0 Å². The molecule has 0 aliphatic heterocycles. The van der Waals surface area contributed by atoms with Crippen molar-refractivity contribution in [3.8, 4) is 6.07 Å². The van der Waals surface area contributed by atoms with E-state index < -0.39 is 0 Å². The fourth-order valence-corrected chi connectivity index (χ4v) is 2.94. The van der Waals surface area contributed by atoms with Crippen LogP contribution in [0.1, 0.15) is 32.6 Å². The number of nitrogens with one attached hydrogen (secondary N) is 2. The molecule has 0 spiro atoms. The highest BCUT2D eigenvalue weighted by Crippen LogP contribution is 2.25. The Balaban J connectivity index is 1.71. The minimum atomic E-state index is -0.249. The molecule has 1 heterocycles. The van der Waals surface area contributed by atoms with Gasteiger partial charge in [0.05, 0.1) is 17.2 Å². The van der Waals surface area contributed by atoms with E-state index in [1.54, 1.807) is 42.6 Å². The van der Waals surface area contributed by atoms with Crippen LogP contribution in [0.2, 0.25) is 0 Å². The van der Waals surface area contributed by atoms with E-state index in [0.717, 1.165) is 16.8 Å². The zero-order valence-corrected chi connectivity index (χ0v) is 15.5. The van der Waals surface area contributed by atoms with Crippen molar-refractivity contribution in [3.63, 3.8) is 0 Å². The number of aromatic nitrogens is 1. The summed E-state index contributed by atoms with van der Waals surface area (Å²) < 4.78 is 0. The molecule has 5 nitrogen and oxygen atoms in total. The zero-order valence-electron chi connectivity index (χ0n) is 15.5. The Morgan fingerprint density at radius 1 is 1.00 bits per heavy atom. The summed E-state index contributed by atoms with van der Waals surface area (Å²) in [5.74, 6) is 0.432. The van der Waals surface area contributed by atoms with Gasteiger partial charge in [-0.05, 0) is 68.3 Å². The van der Waals surface area contributed by atoms with Gasteiger partial charge in [-0.15, -0.1) is 0 Å². The van der Waals surface area contributed by atoms with E-state index in [4.69, 9.17) is 5.26 Å². The van der Waals surface area contributed by atoms with Crippen molar-refractivity contribution in [1.82, 2.24) is 4.98 Å². The van der Waals surface area contributed by atoms with Crippen molar-refractivity contribution in [2.75, 3.05) is 10.6 Å². The Bertz CT molecular complexity index is 993. The second kappa shape index (κ2) is 7.71. The van der Waals surface area contributed by atoms with Crippen LogP contribution in [-0.2, 0) is 0 Å². The maximum Gasteiger partial charge on any atom is 0.257 e. The van der Waals surface area contributed by atoms with E-state index in [1.807, 2.05) is 6.07 Å². The fraction of sp³-hybridized carbons (Fsp3) is 0.136. The Hall–Kier alpha value is -3.65. The van der Waals surface area contributed by atoms with Crippen LogP contribution in [0, 0.1) is 32.1 Å². The van der Waals surface area contributed by atoms with Crippen molar-refractivity contribution in [2.45, 2.75) is 20.8 Å². The molecule has 0 saturated carbocycles. The summed E-state index contributed by atoms with van der Waals surface area (Å²) in [6.07, 6.45) is 1.54. The van der Waals surface area contributed by atoms with Gasteiger partial charge in [-0.3, -0.25) is 4.79 Å². The first-order valence-corrected chi connectivity index (χ1v) is 8.58. The van der Waals surface area contributed by atoms with Gasteiger partial charge in [-0.2, -0.15) is 5.26 Å². The van der Waals surface area contributed by atoms with E-state index in [-0.39, 0.29) is 5.91 Å². The quantitative estimate of drug-likeness (QED) is 0.699. The maximum atomic E-state index is 12.3. The molecule has 2 aromatic carbocycles. The number of carbonyl (C=O) groups excluding carboxylic acids is 1. The minimum Gasteiger partial charge on any atom is -0.340 e. The third kappa shape index (κ3) is 4.31. The summed E-state index contributed by atoms with van der Waals surface area (Å²) in [5.41, 5.74) is 6.19. The van der Waals surface area contributed by atoms with Crippen LogP contribution in [0.4, 0.5) is 17.2 Å². The summed E-state index contributed by atoms with van der Waals surface area (Å²) >= 11 is 0. The predicted octanol–water partition coefficient (Wildman–Crippen LogP) is 4.87. The lowest BCUT2D eigenvalue weighted by atomic mass is 10.1. The lowest BCUT2D eigenvalue weighted by molar-refractivity contribution is 0.102. The largest absolute Gasteiger partial charge is 0.340 e. The highest BCUT2D eigenvalue weighted by Gasteiger charge is 2.09. The molecule has 1 amide bonds. The number of amides is 1. The Labute approximate surface area is 158 Å². The maximum absolute atomic E-state index is 12.3. The first-order chi connectivity index (χ1) is 13.0. The lowest BCUT2D eigenvalue weighted by Gasteiger charge is -2.13. The normalized spacial score (nSPS) is 10.1. The van der Waals surface area contributed by atoms with Crippen molar-refractivity contribution in [1.29, 1.82) is 5.26 Å². The molecule has 0 aliphatic carbocycles. The van der Waals surface area contributed by atoms with E-state index in [0.29, 0.717) is 22.6 Å². The minimum absolute atomic E-state index is 0.249. The number of rotatable bonds is 4. The molecule has 2 N–H and O–H groups in total. The smallest absolute Gasteiger partial charge is 0.257 e. The molecule has 134 valence electrons. The molecule has 27 heavy (non-hydrogen) atoms. The van der Waals surface area contributed by atoms with Crippen molar-refractivity contribution < 1.29 is 4.79 Å². The molecule has 3 aromatic rings. The van der Waals surface area contributed by atoms with E-state index >= 15 is 0 Å². The van der Waals surface area contributed by atoms with Crippen molar-refractivity contribution >= 4 is 23.1 Å². The number of hydrogen-bond acceptors (Lipinski definition) is 4. The second-order valence-electron chi connectivity index (χ2n) is 6.47. The highest BCUT2D eigenvalue weighted by molar-refractivity contribution is 6.04. The van der Waals surface area contributed by atoms with Gasteiger partial charge in [-0.25, -0.2) is 4.98 Å². The number of carbonyl (C=O) groups is 1. The number of nitriles is 1. The van der Waals surface area contributed by atoms with Crippen molar-refractivity contribution in [3.05, 3.63) is 82.5 Å². The summed E-state index contributed by atoms with van der Waals surface area (Å²) in [5, 5.41) is 14.9. The first kappa shape index (κ1) is 18.2. The lowest BCUT2D eigenvalue weighted by Crippen LogP contribution is -2.12. The first-order valence-electron chi connectivity index (χ1n) is 8.58. The molecule has 0 fully saturated rings. The van der Waals surface area contributed by atoms with Crippen LogP contribution in [0.25, 0.3) is 0 Å². The average molecular weight is 356 g/mol. The molecule has 5 heteroatoms. The highest BCUT2D eigenvalue weighted by atomic mass is 16.1. The van der Waals surface area contributed by atoms with Crippen molar-refractivity contribution in [2.24, 2.45) is 0 Å². The third-order valence-corrected chi connectivity index (χ3v) is 4.23. The van der Waals surface area contributed by atoms with E-state index in [2.05, 4.69) is 48.5 Å². The van der Waals surface area contributed by atoms with E-state index in [1.165, 1.54) is 5.56 Å². The molecule has 0 unspecified atom stereocenters. The number of benzene rings is 2. The average Bonchev–Trinajstić information content (AvgIpc) is 2.65. The van der Waals surface area contributed by atoms with Crippen LogP contribution in [0.15, 0.2) is 54.7 Å². The Morgan fingerprint density at radius 3 is 2.22 bits per heavy atom. The number of hydrogen-bond donors (Lipinski definition) is 2.